The van der Waals surface area contributed by atoms with E-state index in [-0.39, 0.29) is 16.7 Å². The lowest BCUT2D eigenvalue weighted by atomic mass is 10.0. The van der Waals surface area contributed by atoms with Gasteiger partial charge in [0.05, 0.1) is 30.8 Å². The summed E-state index contributed by atoms with van der Waals surface area (Å²) >= 11 is 0. The number of carboxylic acids is 1. The molecule has 17 heteroatoms. The van der Waals surface area contributed by atoms with Gasteiger partial charge in [0.1, 0.15) is 24.0 Å². The third kappa shape index (κ3) is 6.31. The number of aromatic nitrogens is 3. The predicted molar refractivity (Wildman–Crippen MR) is 119 cm³/mol. The molecule has 0 saturated heterocycles. The molecule has 2 heterocycles. The SMILES string of the molecule is O=C(O)[C@H](O)COP(=O)(O)OC[C@@H](O)[C@@H](O)[C@@H](O)Cn1c2cc(=O)ccc-2cc2c(=O)[nH]c(=O)[nH]c21. The van der Waals surface area contributed by atoms with Crippen molar-refractivity contribution in [3.63, 3.8) is 0 Å². The van der Waals surface area contributed by atoms with Crippen LogP contribution in [0, 0.1) is 0 Å². The number of aliphatic carboxylic acids is 1. The van der Waals surface area contributed by atoms with Crippen LogP contribution in [-0.2, 0) is 25.0 Å². The maximum absolute atomic E-state index is 12.3. The molecule has 0 amide bonds. The number of nitrogens with zero attached hydrogens (tertiary/aromatic N) is 1. The standard InChI is InChI=1S/C19H22N3O13P/c23-9-2-1-8-3-10-16(20-19(31)21-17(10)28)22(11(8)4-9)5-12(24)15(27)13(25)6-34-36(32,33)35-7-14(26)18(29)30/h1-4,12-15,24-27H,5-7H2,(H,29,30)(H,32,33)(H2,20,21,28,31)/t12-,13+,14+,15-/m0/s1. The van der Waals surface area contributed by atoms with E-state index in [9.17, 15) is 44.0 Å². The molecule has 0 aromatic carbocycles. The Morgan fingerprint density at radius 2 is 1.67 bits per heavy atom. The topological polar surface area (TPSA) is 262 Å². The first kappa shape index (κ1) is 27.4. The second kappa shape index (κ2) is 10.8. The normalized spacial score (nSPS) is 16.9. The van der Waals surface area contributed by atoms with Crippen molar-refractivity contribution >= 4 is 24.8 Å². The van der Waals surface area contributed by atoms with E-state index < -0.39 is 74.6 Å². The van der Waals surface area contributed by atoms with Crippen molar-refractivity contribution in [1.29, 1.82) is 0 Å². The van der Waals surface area contributed by atoms with Crippen LogP contribution in [0.3, 0.4) is 0 Å². The number of aromatic amines is 2. The van der Waals surface area contributed by atoms with Crippen molar-refractivity contribution in [2.24, 2.45) is 0 Å². The Bertz CT molecular complexity index is 1450. The Morgan fingerprint density at radius 3 is 2.33 bits per heavy atom. The highest BCUT2D eigenvalue weighted by molar-refractivity contribution is 7.47. The Kier molecular flexibility index (Phi) is 8.22. The number of fused-ring (bicyclic) bond motifs is 2. The van der Waals surface area contributed by atoms with Crippen LogP contribution in [0.5, 0.6) is 0 Å². The number of rotatable bonds is 11. The molecule has 8 N–H and O–H groups in total. The number of carboxylic acid groups (broad SMARTS) is 1. The molecule has 196 valence electrons. The summed E-state index contributed by atoms with van der Waals surface area (Å²) in [6.45, 7) is -2.72. The highest BCUT2D eigenvalue weighted by atomic mass is 31.2. The van der Waals surface area contributed by atoms with Gasteiger partial charge in [-0.3, -0.25) is 28.6 Å². The molecule has 36 heavy (non-hydrogen) atoms. The summed E-state index contributed by atoms with van der Waals surface area (Å²) in [4.78, 5) is 60.5. The fourth-order valence-electron chi connectivity index (χ4n) is 3.27. The smallest absolute Gasteiger partial charge is 0.472 e. The van der Waals surface area contributed by atoms with Crippen molar-refractivity contribution in [3.05, 3.63) is 55.3 Å². The molecular formula is C19H22N3O13P. The molecule has 0 radical (unpaired) electrons. The minimum absolute atomic E-state index is 0.00626. The molecule has 0 saturated carbocycles. The van der Waals surface area contributed by atoms with Crippen LogP contribution in [0.2, 0.25) is 0 Å². The van der Waals surface area contributed by atoms with Gasteiger partial charge in [-0.1, -0.05) is 0 Å². The van der Waals surface area contributed by atoms with Crippen LogP contribution < -0.4 is 16.7 Å². The van der Waals surface area contributed by atoms with Gasteiger partial charge in [0.25, 0.3) is 5.56 Å². The van der Waals surface area contributed by atoms with E-state index in [1.807, 2.05) is 4.98 Å². The molecular weight excluding hydrogens is 509 g/mol. The van der Waals surface area contributed by atoms with Gasteiger partial charge >= 0.3 is 19.5 Å². The molecule has 1 aromatic heterocycles. The number of pyridine rings is 1. The van der Waals surface area contributed by atoms with E-state index in [0.29, 0.717) is 5.56 Å². The molecule has 0 fully saturated rings. The lowest BCUT2D eigenvalue weighted by Gasteiger charge is -2.26. The summed E-state index contributed by atoms with van der Waals surface area (Å²) in [5, 5.41) is 48.6. The number of carbonyl (C=O) groups is 1. The van der Waals surface area contributed by atoms with E-state index >= 15 is 0 Å². The quantitative estimate of drug-likeness (QED) is 0.0916. The van der Waals surface area contributed by atoms with Crippen molar-refractivity contribution < 1.29 is 48.8 Å². The first-order valence-corrected chi connectivity index (χ1v) is 11.7. The number of aliphatic hydroxyl groups excluding tert-OH is 4. The van der Waals surface area contributed by atoms with Gasteiger partial charge < -0.3 is 35.0 Å². The lowest BCUT2D eigenvalue weighted by Crippen LogP contribution is -2.42. The molecule has 5 atom stereocenters. The number of benzene rings is 1. The molecule has 3 rings (SSSR count). The lowest BCUT2D eigenvalue weighted by molar-refractivity contribution is -0.148. The van der Waals surface area contributed by atoms with Gasteiger partial charge in [0.2, 0.25) is 0 Å². The Hall–Kier alpha value is -3.21. The maximum Gasteiger partial charge on any atom is 0.472 e. The van der Waals surface area contributed by atoms with Gasteiger partial charge in [0, 0.05) is 6.07 Å². The Labute approximate surface area is 199 Å². The van der Waals surface area contributed by atoms with Crippen molar-refractivity contribution in [3.8, 4) is 11.3 Å². The largest absolute Gasteiger partial charge is 0.479 e. The second-order valence-corrected chi connectivity index (χ2v) is 9.14. The monoisotopic (exact) mass is 531 g/mol. The second-order valence-electron chi connectivity index (χ2n) is 7.69. The van der Waals surface area contributed by atoms with E-state index in [1.165, 1.54) is 22.8 Å². The summed E-state index contributed by atoms with van der Waals surface area (Å²) in [5.41, 5.74) is -1.60. The minimum Gasteiger partial charge on any atom is -0.479 e. The van der Waals surface area contributed by atoms with Crippen LogP contribution in [0.15, 0.2) is 38.6 Å². The van der Waals surface area contributed by atoms with Gasteiger partial charge in [-0.15, -0.1) is 0 Å². The fraction of sp³-hybridized carbons (Fsp3) is 0.368. The third-order valence-corrected chi connectivity index (χ3v) is 6.02. The summed E-state index contributed by atoms with van der Waals surface area (Å²) in [5.74, 6) is -1.72. The van der Waals surface area contributed by atoms with E-state index in [2.05, 4.69) is 14.0 Å². The van der Waals surface area contributed by atoms with Crippen LogP contribution in [0.4, 0.5) is 0 Å². The van der Waals surface area contributed by atoms with E-state index in [0.717, 1.165) is 6.07 Å². The number of hydrogen-bond acceptors (Lipinski definition) is 11. The molecule has 1 aliphatic heterocycles. The number of H-pyrrole nitrogens is 2. The van der Waals surface area contributed by atoms with Crippen LogP contribution in [0.1, 0.15) is 0 Å². The summed E-state index contributed by atoms with van der Waals surface area (Å²) in [6, 6.07) is 5.21. The Morgan fingerprint density at radius 1 is 1.00 bits per heavy atom. The number of nitrogens with one attached hydrogen (secondary N) is 2. The van der Waals surface area contributed by atoms with Crippen molar-refractivity contribution in [2.75, 3.05) is 13.2 Å². The predicted octanol–water partition coefficient (Wildman–Crippen LogP) is -2.86. The molecule has 1 aromatic rings. The average Bonchev–Trinajstić information content (AvgIpc) is 2.81. The van der Waals surface area contributed by atoms with E-state index in [1.54, 1.807) is 0 Å². The molecule has 0 spiro atoms. The number of hydrogen-bond donors (Lipinski definition) is 8. The molecule has 1 unspecified atom stereocenters. The van der Waals surface area contributed by atoms with Crippen LogP contribution >= 0.6 is 7.82 Å². The zero-order valence-electron chi connectivity index (χ0n) is 18.2. The van der Waals surface area contributed by atoms with Crippen molar-refractivity contribution in [2.45, 2.75) is 31.0 Å². The minimum atomic E-state index is -4.95. The fourth-order valence-corrected chi connectivity index (χ4v) is 4.01. The number of phosphoric acid groups is 1. The number of phosphoric ester groups is 1. The van der Waals surface area contributed by atoms with Gasteiger partial charge in [-0.2, -0.15) is 0 Å². The first-order chi connectivity index (χ1) is 16.8. The van der Waals surface area contributed by atoms with Gasteiger partial charge in [0.15, 0.2) is 11.5 Å². The first-order valence-electron chi connectivity index (χ1n) is 10.2. The maximum atomic E-state index is 12.3. The zero-order chi connectivity index (χ0) is 26.8. The molecule has 2 aliphatic rings. The van der Waals surface area contributed by atoms with Crippen LogP contribution in [-0.4, -0.2) is 88.6 Å². The third-order valence-electron chi connectivity index (χ3n) is 5.07. The van der Waals surface area contributed by atoms with Crippen molar-refractivity contribution in [1.82, 2.24) is 14.5 Å². The van der Waals surface area contributed by atoms with E-state index in [4.69, 9.17) is 10.2 Å². The molecule has 16 nitrogen and oxygen atoms in total. The zero-order valence-corrected chi connectivity index (χ0v) is 19.1. The molecule has 0 bridgehead atoms. The Balaban J connectivity index is 1.81. The average molecular weight is 531 g/mol. The van der Waals surface area contributed by atoms with Crippen LogP contribution in [0.25, 0.3) is 22.3 Å². The highest BCUT2D eigenvalue weighted by Crippen LogP contribution is 2.43. The summed E-state index contributed by atoms with van der Waals surface area (Å²) in [7, 11) is -4.95. The van der Waals surface area contributed by atoms with Gasteiger partial charge in [-0.05, 0) is 23.8 Å². The summed E-state index contributed by atoms with van der Waals surface area (Å²) in [6.07, 6.45) is -7.94. The number of aliphatic hydroxyl groups is 4. The highest BCUT2D eigenvalue weighted by Gasteiger charge is 2.31. The summed E-state index contributed by atoms with van der Waals surface area (Å²) < 4.78 is 21.7. The molecule has 1 aliphatic carbocycles. The van der Waals surface area contributed by atoms with Gasteiger partial charge in [-0.25, -0.2) is 14.2 Å².